The summed E-state index contributed by atoms with van der Waals surface area (Å²) in [5, 5.41) is 13.3. The molecule has 0 aromatic heterocycles. The zero-order valence-corrected chi connectivity index (χ0v) is 12.6. The lowest BCUT2D eigenvalue weighted by Crippen LogP contribution is -2.26. The molecule has 0 aliphatic carbocycles. The third-order valence-corrected chi connectivity index (χ3v) is 3.56. The summed E-state index contributed by atoms with van der Waals surface area (Å²) in [6, 6.07) is 9.48. The molecule has 0 heterocycles. The van der Waals surface area contributed by atoms with E-state index in [0.717, 1.165) is 5.56 Å². The first-order valence-electron chi connectivity index (χ1n) is 6.28. The molecule has 0 atom stereocenters. The molecule has 2 aromatic carbocycles. The van der Waals surface area contributed by atoms with Crippen LogP contribution in [0.2, 0.25) is 10.0 Å². The number of nitrogens with one attached hydrogen (secondary N) is 1. The van der Waals surface area contributed by atoms with Crippen LogP contribution in [0, 0.1) is 0 Å². The van der Waals surface area contributed by atoms with Crippen LogP contribution in [0.15, 0.2) is 36.4 Å². The van der Waals surface area contributed by atoms with Crippen molar-refractivity contribution in [1.82, 2.24) is 5.32 Å². The van der Waals surface area contributed by atoms with E-state index in [4.69, 9.17) is 28.9 Å². The van der Waals surface area contributed by atoms with Gasteiger partial charge < -0.3 is 16.2 Å². The van der Waals surface area contributed by atoms with Crippen molar-refractivity contribution in [2.24, 2.45) is 0 Å². The molecule has 21 heavy (non-hydrogen) atoms. The highest BCUT2D eigenvalue weighted by Crippen LogP contribution is 2.21. The number of nitrogens with two attached hydrogens (primary N) is 1. The van der Waals surface area contributed by atoms with Crippen LogP contribution in [0.1, 0.15) is 15.9 Å². The minimum atomic E-state index is -0.339. The van der Waals surface area contributed by atoms with Crippen molar-refractivity contribution in [2.45, 2.75) is 6.42 Å². The number of hydrogen-bond acceptors (Lipinski definition) is 3. The highest BCUT2D eigenvalue weighted by atomic mass is 35.5. The van der Waals surface area contributed by atoms with Gasteiger partial charge in [0.2, 0.25) is 0 Å². The number of phenolic OH excluding ortho intramolecular Hbond substituents is 1. The minimum absolute atomic E-state index is 0.00454. The van der Waals surface area contributed by atoms with E-state index >= 15 is 0 Å². The predicted molar refractivity (Wildman–Crippen MR) is 85.0 cm³/mol. The Bertz CT molecular complexity index is 675. The second kappa shape index (κ2) is 6.70. The van der Waals surface area contributed by atoms with Gasteiger partial charge in [-0.1, -0.05) is 29.3 Å². The number of rotatable bonds is 4. The second-order valence-electron chi connectivity index (χ2n) is 4.51. The molecule has 1 amide bonds. The van der Waals surface area contributed by atoms with E-state index in [1.54, 1.807) is 12.1 Å². The molecule has 0 fully saturated rings. The van der Waals surface area contributed by atoms with Gasteiger partial charge in [-0.3, -0.25) is 4.79 Å². The third kappa shape index (κ3) is 4.03. The molecular weight excluding hydrogens is 311 g/mol. The standard InChI is InChI=1S/C15H14Cl2N2O2/c16-10-2-1-9(13(17)7-10)5-6-19-15(21)12-8-11(20)3-4-14(12)18/h1-4,7-8,20H,5-6,18H2,(H,19,21). The Kier molecular flexibility index (Phi) is 4.94. The Morgan fingerprint density at radius 2 is 1.95 bits per heavy atom. The van der Waals surface area contributed by atoms with E-state index in [2.05, 4.69) is 5.32 Å². The van der Waals surface area contributed by atoms with Crippen molar-refractivity contribution in [3.8, 4) is 5.75 Å². The monoisotopic (exact) mass is 324 g/mol. The number of amides is 1. The number of phenols is 1. The SMILES string of the molecule is Nc1ccc(O)cc1C(=O)NCCc1ccc(Cl)cc1Cl. The van der Waals surface area contributed by atoms with Crippen molar-refractivity contribution in [2.75, 3.05) is 12.3 Å². The number of benzene rings is 2. The number of carbonyl (C=O) groups excluding carboxylic acids is 1. The third-order valence-electron chi connectivity index (χ3n) is 2.98. The van der Waals surface area contributed by atoms with Crippen molar-refractivity contribution >= 4 is 34.8 Å². The van der Waals surface area contributed by atoms with E-state index in [0.29, 0.717) is 28.7 Å². The van der Waals surface area contributed by atoms with Crippen molar-refractivity contribution in [1.29, 1.82) is 0 Å². The average molecular weight is 325 g/mol. The summed E-state index contributed by atoms with van der Waals surface area (Å²) >= 11 is 11.9. The minimum Gasteiger partial charge on any atom is -0.508 e. The van der Waals surface area contributed by atoms with E-state index in [1.165, 1.54) is 18.2 Å². The summed E-state index contributed by atoms with van der Waals surface area (Å²) in [6.07, 6.45) is 0.570. The van der Waals surface area contributed by atoms with Crippen LogP contribution >= 0.6 is 23.2 Å². The van der Waals surface area contributed by atoms with Gasteiger partial charge in [0.1, 0.15) is 5.75 Å². The molecule has 0 aliphatic heterocycles. The highest BCUT2D eigenvalue weighted by molar-refractivity contribution is 6.35. The summed E-state index contributed by atoms with van der Waals surface area (Å²) in [6.45, 7) is 0.398. The van der Waals surface area contributed by atoms with Crippen LogP contribution in [0.4, 0.5) is 5.69 Å². The maximum Gasteiger partial charge on any atom is 0.253 e. The molecule has 2 aromatic rings. The molecule has 2 rings (SSSR count). The van der Waals surface area contributed by atoms with Crippen molar-refractivity contribution in [3.05, 3.63) is 57.6 Å². The summed E-state index contributed by atoms with van der Waals surface area (Å²) in [5.74, 6) is -0.344. The quantitative estimate of drug-likeness (QED) is 0.597. The molecule has 0 spiro atoms. The van der Waals surface area contributed by atoms with Gasteiger partial charge in [-0.25, -0.2) is 0 Å². The Labute approximate surface area is 132 Å². The lowest BCUT2D eigenvalue weighted by atomic mass is 10.1. The molecule has 0 saturated carbocycles. The van der Waals surface area contributed by atoms with Crippen LogP contribution in [-0.4, -0.2) is 17.6 Å². The Hall–Kier alpha value is -1.91. The van der Waals surface area contributed by atoms with Crippen LogP contribution < -0.4 is 11.1 Å². The molecule has 0 saturated heterocycles. The van der Waals surface area contributed by atoms with Crippen LogP contribution in [0.25, 0.3) is 0 Å². The second-order valence-corrected chi connectivity index (χ2v) is 5.36. The van der Waals surface area contributed by atoms with Crippen LogP contribution in [-0.2, 0) is 6.42 Å². The van der Waals surface area contributed by atoms with Gasteiger partial charge in [-0.2, -0.15) is 0 Å². The Morgan fingerprint density at radius 3 is 2.67 bits per heavy atom. The topological polar surface area (TPSA) is 75.3 Å². The molecule has 6 heteroatoms. The molecule has 0 aliphatic rings. The fourth-order valence-corrected chi connectivity index (χ4v) is 2.37. The lowest BCUT2D eigenvalue weighted by Gasteiger charge is -2.09. The molecule has 110 valence electrons. The first-order chi connectivity index (χ1) is 9.97. The molecule has 0 bridgehead atoms. The molecule has 0 radical (unpaired) electrons. The maximum absolute atomic E-state index is 12.0. The van der Waals surface area contributed by atoms with Gasteiger partial charge in [-0.15, -0.1) is 0 Å². The van der Waals surface area contributed by atoms with E-state index in [-0.39, 0.29) is 17.2 Å². The van der Waals surface area contributed by atoms with E-state index in [1.807, 2.05) is 6.07 Å². The normalized spacial score (nSPS) is 10.4. The summed E-state index contributed by atoms with van der Waals surface area (Å²) < 4.78 is 0. The van der Waals surface area contributed by atoms with Gasteiger partial charge in [0.25, 0.3) is 5.91 Å². The molecule has 4 N–H and O–H groups in total. The van der Waals surface area contributed by atoms with Crippen LogP contribution in [0.3, 0.4) is 0 Å². The first kappa shape index (κ1) is 15.5. The summed E-state index contributed by atoms with van der Waals surface area (Å²) in [5.41, 5.74) is 7.16. The number of anilines is 1. The van der Waals surface area contributed by atoms with Gasteiger partial charge in [0, 0.05) is 22.3 Å². The number of nitrogen functional groups attached to an aromatic ring is 1. The smallest absolute Gasteiger partial charge is 0.253 e. The number of hydrogen-bond donors (Lipinski definition) is 3. The van der Waals surface area contributed by atoms with Gasteiger partial charge >= 0.3 is 0 Å². The number of halogens is 2. The van der Waals surface area contributed by atoms with E-state index in [9.17, 15) is 9.90 Å². The van der Waals surface area contributed by atoms with Gasteiger partial charge in [-0.05, 0) is 42.3 Å². The summed E-state index contributed by atoms with van der Waals surface area (Å²) in [4.78, 5) is 12.0. The predicted octanol–water partition coefficient (Wildman–Crippen LogP) is 3.25. The fraction of sp³-hybridized carbons (Fsp3) is 0.133. The zero-order chi connectivity index (χ0) is 15.4. The molecule has 0 unspecified atom stereocenters. The average Bonchev–Trinajstić information content (AvgIpc) is 2.43. The Balaban J connectivity index is 1.97. The number of carbonyl (C=O) groups is 1. The van der Waals surface area contributed by atoms with Gasteiger partial charge in [0.05, 0.1) is 5.56 Å². The lowest BCUT2D eigenvalue weighted by molar-refractivity contribution is 0.0954. The van der Waals surface area contributed by atoms with Crippen LogP contribution in [0.5, 0.6) is 5.75 Å². The summed E-state index contributed by atoms with van der Waals surface area (Å²) in [7, 11) is 0. The first-order valence-corrected chi connectivity index (χ1v) is 7.03. The maximum atomic E-state index is 12.0. The fourth-order valence-electron chi connectivity index (χ4n) is 1.87. The van der Waals surface area contributed by atoms with E-state index < -0.39 is 0 Å². The van der Waals surface area contributed by atoms with Gasteiger partial charge in [0.15, 0.2) is 0 Å². The zero-order valence-electron chi connectivity index (χ0n) is 11.1. The molecular formula is C15H14Cl2N2O2. The highest BCUT2D eigenvalue weighted by Gasteiger charge is 2.10. The number of aromatic hydroxyl groups is 1. The van der Waals surface area contributed by atoms with Crippen molar-refractivity contribution in [3.63, 3.8) is 0 Å². The molecule has 4 nitrogen and oxygen atoms in total. The Morgan fingerprint density at radius 1 is 1.19 bits per heavy atom. The largest absolute Gasteiger partial charge is 0.508 e. The van der Waals surface area contributed by atoms with Crippen molar-refractivity contribution < 1.29 is 9.90 Å².